The quantitative estimate of drug-likeness (QED) is 0.933. The van der Waals surface area contributed by atoms with Crippen molar-refractivity contribution in [1.29, 1.82) is 0 Å². The van der Waals surface area contributed by atoms with Gasteiger partial charge in [-0.25, -0.2) is 0 Å². The maximum absolute atomic E-state index is 5.59. The molecule has 0 saturated heterocycles. The maximum Gasteiger partial charge on any atom is 0.163 e. The van der Waals surface area contributed by atoms with E-state index in [2.05, 4.69) is 17.3 Å². The fourth-order valence-corrected chi connectivity index (χ4v) is 2.42. The zero-order valence-electron chi connectivity index (χ0n) is 12.1. The molecule has 0 radical (unpaired) electrons. The second-order valence-electron chi connectivity index (χ2n) is 4.98. The molecule has 0 spiro atoms. The van der Waals surface area contributed by atoms with Crippen molar-refractivity contribution in [2.24, 2.45) is 7.05 Å². The van der Waals surface area contributed by atoms with E-state index in [1.165, 1.54) is 11.3 Å². The van der Waals surface area contributed by atoms with Crippen LogP contribution in [0, 0.1) is 13.8 Å². The van der Waals surface area contributed by atoms with Crippen LogP contribution in [0.4, 0.5) is 5.69 Å². The Balaban J connectivity index is 1.75. The molecule has 0 unspecified atom stereocenters. The highest BCUT2D eigenvalue weighted by Gasteiger charge is 2.13. The molecule has 2 heterocycles. The molecule has 5 heteroatoms. The van der Waals surface area contributed by atoms with Gasteiger partial charge in [0.25, 0.3) is 0 Å². The van der Waals surface area contributed by atoms with E-state index in [4.69, 9.17) is 9.47 Å². The lowest BCUT2D eigenvalue weighted by Crippen LogP contribution is -2.15. The number of fused-ring (bicyclic) bond motifs is 1. The van der Waals surface area contributed by atoms with Crippen molar-refractivity contribution < 1.29 is 9.47 Å². The van der Waals surface area contributed by atoms with E-state index in [0.717, 1.165) is 29.4 Å². The van der Waals surface area contributed by atoms with Gasteiger partial charge in [-0.05, 0) is 26.0 Å². The van der Waals surface area contributed by atoms with Crippen molar-refractivity contribution in [2.45, 2.75) is 20.4 Å². The van der Waals surface area contributed by atoms with Crippen molar-refractivity contribution in [3.05, 3.63) is 35.2 Å². The Hall–Kier alpha value is -2.17. The largest absolute Gasteiger partial charge is 0.486 e. The summed E-state index contributed by atoms with van der Waals surface area (Å²) in [6.45, 7) is 6.10. The van der Waals surface area contributed by atoms with Gasteiger partial charge in [0, 0.05) is 36.6 Å². The predicted molar refractivity (Wildman–Crippen MR) is 77.4 cm³/mol. The smallest absolute Gasteiger partial charge is 0.163 e. The summed E-state index contributed by atoms with van der Waals surface area (Å²) in [6, 6.07) is 5.93. The Kier molecular flexibility index (Phi) is 3.26. The Labute approximate surface area is 118 Å². The zero-order valence-corrected chi connectivity index (χ0v) is 12.1. The summed E-state index contributed by atoms with van der Waals surface area (Å²) in [6.07, 6.45) is 0. The lowest BCUT2D eigenvalue weighted by Gasteiger charge is -2.19. The SMILES string of the molecule is Cc1nn(C)c(C)c1CNc1ccc2c(c1)OCCO2. The van der Waals surface area contributed by atoms with E-state index >= 15 is 0 Å². The van der Waals surface area contributed by atoms with Gasteiger partial charge in [-0.3, -0.25) is 4.68 Å². The highest BCUT2D eigenvalue weighted by atomic mass is 16.6. The number of ether oxygens (including phenoxy) is 2. The van der Waals surface area contributed by atoms with Gasteiger partial charge in [0.15, 0.2) is 11.5 Å². The molecule has 0 bridgehead atoms. The number of hydrogen-bond acceptors (Lipinski definition) is 4. The maximum atomic E-state index is 5.59. The molecule has 1 N–H and O–H groups in total. The molecule has 2 aromatic rings. The first-order chi connectivity index (χ1) is 9.65. The molecule has 0 amide bonds. The van der Waals surface area contributed by atoms with Crippen LogP contribution >= 0.6 is 0 Å². The van der Waals surface area contributed by atoms with Gasteiger partial charge < -0.3 is 14.8 Å². The molecule has 0 fully saturated rings. The average Bonchev–Trinajstić information content (AvgIpc) is 2.70. The van der Waals surface area contributed by atoms with E-state index in [0.29, 0.717) is 13.2 Å². The lowest BCUT2D eigenvalue weighted by molar-refractivity contribution is 0.171. The number of hydrogen-bond donors (Lipinski definition) is 1. The minimum atomic E-state index is 0.608. The van der Waals surface area contributed by atoms with Gasteiger partial charge in [-0.1, -0.05) is 0 Å². The Morgan fingerprint density at radius 1 is 1.20 bits per heavy atom. The molecule has 5 nitrogen and oxygen atoms in total. The van der Waals surface area contributed by atoms with Crippen LogP contribution in [0.3, 0.4) is 0 Å². The van der Waals surface area contributed by atoms with Crippen molar-refractivity contribution in [1.82, 2.24) is 9.78 Å². The highest BCUT2D eigenvalue weighted by molar-refractivity contribution is 5.55. The first kappa shape index (κ1) is 12.8. The first-order valence-electron chi connectivity index (χ1n) is 6.78. The third-order valence-electron chi connectivity index (χ3n) is 3.67. The number of benzene rings is 1. The number of anilines is 1. The number of aryl methyl sites for hydroxylation is 2. The molecular weight excluding hydrogens is 254 g/mol. The second kappa shape index (κ2) is 5.07. The summed E-state index contributed by atoms with van der Waals surface area (Å²) in [5, 5.41) is 7.84. The number of rotatable bonds is 3. The third kappa shape index (κ3) is 2.31. The Morgan fingerprint density at radius 2 is 1.95 bits per heavy atom. The molecule has 0 saturated carbocycles. The number of nitrogens with one attached hydrogen (secondary N) is 1. The number of nitrogens with zero attached hydrogens (tertiary/aromatic N) is 2. The minimum Gasteiger partial charge on any atom is -0.486 e. The van der Waals surface area contributed by atoms with Crippen LogP contribution in [0.15, 0.2) is 18.2 Å². The van der Waals surface area contributed by atoms with Gasteiger partial charge in [-0.15, -0.1) is 0 Å². The molecule has 1 aromatic heterocycles. The van der Waals surface area contributed by atoms with E-state index in [9.17, 15) is 0 Å². The monoisotopic (exact) mass is 273 g/mol. The molecule has 20 heavy (non-hydrogen) atoms. The van der Waals surface area contributed by atoms with Gasteiger partial charge in [0.2, 0.25) is 0 Å². The van der Waals surface area contributed by atoms with Crippen molar-refractivity contribution >= 4 is 5.69 Å². The van der Waals surface area contributed by atoms with E-state index in [-0.39, 0.29) is 0 Å². The molecular formula is C15H19N3O2. The topological polar surface area (TPSA) is 48.3 Å². The van der Waals surface area contributed by atoms with E-state index in [1.54, 1.807) is 0 Å². The minimum absolute atomic E-state index is 0.608. The summed E-state index contributed by atoms with van der Waals surface area (Å²) in [7, 11) is 1.97. The second-order valence-corrected chi connectivity index (χ2v) is 4.98. The van der Waals surface area contributed by atoms with Gasteiger partial charge in [0.05, 0.1) is 5.69 Å². The molecule has 1 aromatic carbocycles. The van der Waals surface area contributed by atoms with Crippen LogP contribution in [-0.4, -0.2) is 23.0 Å². The van der Waals surface area contributed by atoms with Crippen LogP contribution in [0.5, 0.6) is 11.5 Å². The van der Waals surface area contributed by atoms with Crippen LogP contribution in [0.1, 0.15) is 17.0 Å². The van der Waals surface area contributed by atoms with Crippen LogP contribution in [-0.2, 0) is 13.6 Å². The fraction of sp³-hybridized carbons (Fsp3) is 0.400. The van der Waals surface area contributed by atoms with Crippen molar-refractivity contribution in [3.63, 3.8) is 0 Å². The zero-order chi connectivity index (χ0) is 14.1. The normalized spacial score (nSPS) is 13.3. The number of aromatic nitrogens is 2. The Bertz CT molecular complexity index is 634. The molecule has 106 valence electrons. The molecule has 1 aliphatic heterocycles. The molecule has 0 atom stereocenters. The predicted octanol–water partition coefficient (Wildman–Crippen LogP) is 2.42. The van der Waals surface area contributed by atoms with Gasteiger partial charge in [-0.2, -0.15) is 5.10 Å². The summed E-state index contributed by atoms with van der Waals surface area (Å²) in [4.78, 5) is 0. The van der Waals surface area contributed by atoms with E-state index < -0.39 is 0 Å². The van der Waals surface area contributed by atoms with Gasteiger partial charge >= 0.3 is 0 Å². The summed E-state index contributed by atoms with van der Waals surface area (Å²) >= 11 is 0. The molecule has 0 aliphatic carbocycles. The highest BCUT2D eigenvalue weighted by Crippen LogP contribution is 2.32. The van der Waals surface area contributed by atoms with Crippen LogP contribution in [0.25, 0.3) is 0 Å². The molecule has 1 aliphatic rings. The van der Waals surface area contributed by atoms with Crippen LogP contribution in [0.2, 0.25) is 0 Å². The summed E-state index contributed by atoms with van der Waals surface area (Å²) < 4.78 is 13.0. The standard InChI is InChI=1S/C15H19N3O2/c1-10-13(11(2)18(3)17-10)9-16-12-4-5-14-15(8-12)20-7-6-19-14/h4-5,8,16H,6-7,9H2,1-3H3. The van der Waals surface area contributed by atoms with Crippen LogP contribution < -0.4 is 14.8 Å². The molecule has 3 rings (SSSR count). The lowest BCUT2D eigenvalue weighted by atomic mass is 10.2. The van der Waals surface area contributed by atoms with Gasteiger partial charge in [0.1, 0.15) is 13.2 Å². The van der Waals surface area contributed by atoms with Crippen molar-refractivity contribution in [2.75, 3.05) is 18.5 Å². The fourth-order valence-electron chi connectivity index (χ4n) is 2.42. The first-order valence-corrected chi connectivity index (χ1v) is 6.78. The van der Waals surface area contributed by atoms with E-state index in [1.807, 2.05) is 36.9 Å². The average molecular weight is 273 g/mol. The third-order valence-corrected chi connectivity index (χ3v) is 3.67. The van der Waals surface area contributed by atoms with Crippen molar-refractivity contribution in [3.8, 4) is 11.5 Å². The summed E-state index contributed by atoms with van der Waals surface area (Å²) in [5.41, 5.74) is 4.52. The Morgan fingerprint density at radius 3 is 2.65 bits per heavy atom. The summed E-state index contributed by atoms with van der Waals surface area (Å²) in [5.74, 6) is 1.62.